The Kier molecular flexibility index (Phi) is 0.824. The van der Waals surface area contributed by atoms with Gasteiger partial charge in [-0.3, -0.25) is 0 Å². The Morgan fingerprint density at radius 3 is 3.00 bits per heavy atom. The second kappa shape index (κ2) is 2.31. The molecular formula is C6H13N. The van der Waals surface area contributed by atoms with Gasteiger partial charge >= 0.3 is 0 Å². The summed E-state index contributed by atoms with van der Waals surface area (Å²) in [5.74, 6) is 0. The fourth-order valence-corrected chi connectivity index (χ4v) is 0.715. The summed E-state index contributed by atoms with van der Waals surface area (Å²) in [4.78, 5) is 1.62. The van der Waals surface area contributed by atoms with Gasteiger partial charge in [-0.1, -0.05) is 6.42 Å². The third-order valence-electron chi connectivity index (χ3n) is 1.15. The fourth-order valence-electron chi connectivity index (χ4n) is 0.715. The van der Waals surface area contributed by atoms with E-state index in [1.807, 2.05) is 0 Å². The van der Waals surface area contributed by atoms with Crippen LogP contribution in [-0.4, -0.2) is 25.0 Å². The second-order valence-electron chi connectivity index (χ2n) is 1.90. The predicted octanol–water partition coefficient (Wildman–Crippen LogP) is 1.10. The molecule has 0 spiro atoms. The number of rotatable bonds is 0. The van der Waals surface area contributed by atoms with Gasteiger partial charge in [0.1, 0.15) is 0 Å². The first-order chi connectivity index (χ1) is 4.55. The molecule has 0 aliphatic carbocycles. The van der Waals surface area contributed by atoms with Crippen molar-refractivity contribution in [2.45, 2.75) is 19.2 Å². The van der Waals surface area contributed by atoms with Crippen molar-refractivity contribution in [3.05, 3.63) is 0 Å². The second-order valence-corrected chi connectivity index (χ2v) is 1.90. The van der Waals surface area contributed by atoms with E-state index in [4.69, 9.17) is 4.11 Å². The Bertz CT molecular complexity index is 114. The molecule has 0 aromatic heterocycles. The van der Waals surface area contributed by atoms with E-state index in [9.17, 15) is 0 Å². The Labute approximate surface area is 49.5 Å². The molecule has 0 radical (unpaired) electrons. The maximum absolute atomic E-state index is 7.44. The number of likely N-dealkylation sites (tertiary alicyclic amines) is 1. The highest BCUT2D eigenvalue weighted by molar-refractivity contribution is 4.58. The van der Waals surface area contributed by atoms with Crippen molar-refractivity contribution in [1.82, 2.24) is 4.90 Å². The van der Waals surface area contributed by atoms with Crippen LogP contribution in [0, 0.1) is 0 Å². The monoisotopic (exact) mass is 102 g/mol. The zero-order valence-corrected chi connectivity index (χ0v) is 4.65. The average Bonchev–Trinajstić information content (AvgIpc) is 1.84. The van der Waals surface area contributed by atoms with Crippen LogP contribution in [0.1, 0.15) is 23.4 Å². The molecule has 0 saturated carbocycles. The summed E-state index contributed by atoms with van der Waals surface area (Å²) in [6.45, 7) is -0.624. The molecule has 1 rings (SSSR count). The van der Waals surface area contributed by atoms with Crippen molar-refractivity contribution < 1.29 is 4.11 Å². The van der Waals surface area contributed by atoms with E-state index in [2.05, 4.69) is 0 Å². The standard InChI is InChI=1S/C6H13N/c1-7-5-3-2-4-6-7/h2-6H2,1H3/i3D,5D2. The lowest BCUT2D eigenvalue weighted by molar-refractivity contribution is 0.277. The van der Waals surface area contributed by atoms with Gasteiger partial charge in [0.15, 0.2) is 0 Å². The van der Waals surface area contributed by atoms with Crippen LogP contribution in [-0.2, 0) is 0 Å². The smallest absolute Gasteiger partial charge is 0.0430 e. The molecule has 7 heavy (non-hydrogen) atoms. The third kappa shape index (κ3) is 1.48. The zero-order valence-electron chi connectivity index (χ0n) is 7.65. The van der Waals surface area contributed by atoms with Crippen LogP contribution in [0.2, 0.25) is 0 Å². The van der Waals surface area contributed by atoms with Crippen molar-refractivity contribution in [3.63, 3.8) is 0 Å². The first-order valence-corrected chi connectivity index (χ1v) is 2.68. The lowest BCUT2D eigenvalue weighted by atomic mass is 10.1. The molecule has 0 aromatic carbocycles. The van der Waals surface area contributed by atoms with Gasteiger partial charge in [-0.25, -0.2) is 0 Å². The molecule has 1 fully saturated rings. The van der Waals surface area contributed by atoms with Crippen LogP contribution in [0.15, 0.2) is 0 Å². The first-order valence-electron chi connectivity index (χ1n) is 4.26. The zero-order chi connectivity index (χ0) is 7.78. The van der Waals surface area contributed by atoms with Crippen LogP contribution < -0.4 is 0 Å². The summed E-state index contributed by atoms with van der Waals surface area (Å²) in [6, 6.07) is 0. The Morgan fingerprint density at radius 1 is 1.57 bits per heavy atom. The molecule has 0 amide bonds. The SMILES string of the molecule is [2H]C1CCCN(C)C1([2H])[2H]. The molecule has 1 heteroatoms. The van der Waals surface area contributed by atoms with Gasteiger partial charge < -0.3 is 4.90 Å². The molecule has 1 unspecified atom stereocenters. The molecule has 1 saturated heterocycles. The van der Waals surface area contributed by atoms with E-state index in [0.717, 1.165) is 13.0 Å². The van der Waals surface area contributed by atoms with E-state index >= 15 is 0 Å². The minimum Gasteiger partial charge on any atom is -0.306 e. The van der Waals surface area contributed by atoms with Crippen molar-refractivity contribution in [3.8, 4) is 0 Å². The number of hydrogen-bond donors (Lipinski definition) is 0. The third-order valence-corrected chi connectivity index (χ3v) is 1.15. The van der Waals surface area contributed by atoms with E-state index in [-0.39, 0.29) is 0 Å². The Hall–Kier alpha value is -0.0400. The quantitative estimate of drug-likeness (QED) is 0.443. The number of nitrogens with zero attached hydrogens (tertiary/aromatic N) is 1. The lowest BCUT2D eigenvalue weighted by Gasteiger charge is -2.20. The lowest BCUT2D eigenvalue weighted by Crippen LogP contribution is -2.24. The molecule has 42 valence electrons. The highest BCUT2D eigenvalue weighted by Crippen LogP contribution is 2.04. The van der Waals surface area contributed by atoms with Gasteiger partial charge in [-0.15, -0.1) is 0 Å². The minimum atomic E-state index is -1.40. The summed E-state index contributed by atoms with van der Waals surface area (Å²) in [6.07, 6.45) is 1.08. The Balaban J connectivity index is 2.63. The first kappa shape index (κ1) is 2.49. The topological polar surface area (TPSA) is 3.24 Å². The molecule has 1 aliphatic heterocycles. The molecule has 0 bridgehead atoms. The maximum Gasteiger partial charge on any atom is 0.0430 e. The molecule has 1 heterocycles. The average molecular weight is 102 g/mol. The van der Waals surface area contributed by atoms with Gasteiger partial charge in [0.25, 0.3) is 0 Å². The molecule has 0 N–H and O–H groups in total. The van der Waals surface area contributed by atoms with E-state index in [1.165, 1.54) is 0 Å². The number of hydrogen-bond acceptors (Lipinski definition) is 1. The number of piperidine rings is 1. The Morgan fingerprint density at radius 2 is 2.43 bits per heavy atom. The summed E-state index contributed by atoms with van der Waals surface area (Å²) in [5, 5.41) is 0. The summed E-state index contributed by atoms with van der Waals surface area (Å²) in [7, 11) is 1.74. The summed E-state index contributed by atoms with van der Waals surface area (Å²) in [5.41, 5.74) is 0. The highest BCUT2D eigenvalue weighted by atomic mass is 15.1. The van der Waals surface area contributed by atoms with Gasteiger partial charge in [0, 0.05) is 4.11 Å². The van der Waals surface area contributed by atoms with Gasteiger partial charge in [-0.2, -0.15) is 0 Å². The van der Waals surface area contributed by atoms with Crippen molar-refractivity contribution >= 4 is 0 Å². The normalized spacial score (nSPS) is 49.3. The van der Waals surface area contributed by atoms with Crippen LogP contribution in [0.3, 0.4) is 0 Å². The van der Waals surface area contributed by atoms with Crippen molar-refractivity contribution in [2.24, 2.45) is 0 Å². The van der Waals surface area contributed by atoms with E-state index < -0.39 is 12.9 Å². The van der Waals surface area contributed by atoms with Crippen LogP contribution in [0.4, 0.5) is 0 Å². The molecule has 1 nitrogen and oxygen atoms in total. The largest absolute Gasteiger partial charge is 0.306 e. The van der Waals surface area contributed by atoms with E-state index in [1.54, 1.807) is 11.9 Å². The van der Waals surface area contributed by atoms with Crippen LogP contribution in [0.25, 0.3) is 0 Å². The van der Waals surface area contributed by atoms with Gasteiger partial charge in [-0.05, 0) is 32.9 Å². The van der Waals surface area contributed by atoms with Gasteiger partial charge in [0.2, 0.25) is 0 Å². The fraction of sp³-hybridized carbons (Fsp3) is 1.00. The van der Waals surface area contributed by atoms with Crippen molar-refractivity contribution in [1.29, 1.82) is 0 Å². The minimum absolute atomic E-state index is 0.564. The molecular weight excluding hydrogens is 86.1 g/mol. The molecule has 1 atom stereocenters. The van der Waals surface area contributed by atoms with E-state index in [0.29, 0.717) is 6.42 Å². The van der Waals surface area contributed by atoms with Crippen molar-refractivity contribution in [2.75, 3.05) is 20.1 Å². The summed E-state index contributed by atoms with van der Waals surface area (Å²) < 4.78 is 22.3. The molecule has 0 aromatic rings. The van der Waals surface area contributed by atoms with Gasteiger partial charge in [0.05, 0.1) is 0 Å². The maximum atomic E-state index is 7.44. The van der Waals surface area contributed by atoms with Crippen LogP contribution >= 0.6 is 0 Å². The highest BCUT2D eigenvalue weighted by Gasteiger charge is 2.02. The predicted molar refractivity (Wildman–Crippen MR) is 31.3 cm³/mol. The summed E-state index contributed by atoms with van der Waals surface area (Å²) >= 11 is 0. The van der Waals surface area contributed by atoms with Crippen LogP contribution in [0.5, 0.6) is 0 Å². The molecule has 1 aliphatic rings.